The Morgan fingerprint density at radius 2 is 0.770 bits per heavy atom. The predicted molar refractivity (Wildman–Crippen MR) is 264 cm³/mol. The van der Waals surface area contributed by atoms with Crippen molar-refractivity contribution in [1.82, 2.24) is 5.32 Å². The van der Waals surface area contributed by atoms with Crippen LogP contribution in [0.25, 0.3) is 0 Å². The van der Waals surface area contributed by atoms with Crippen LogP contribution in [0.2, 0.25) is 0 Å². The summed E-state index contributed by atoms with van der Waals surface area (Å²) in [5.41, 5.74) is 0. The Bertz CT molecular complexity index is 993. The molecule has 0 aromatic rings. The van der Waals surface area contributed by atoms with Gasteiger partial charge in [0.1, 0.15) is 0 Å². The number of ether oxygens (including phenoxy) is 1. The van der Waals surface area contributed by atoms with E-state index < -0.39 is 12.1 Å². The van der Waals surface area contributed by atoms with Crippen molar-refractivity contribution in [2.75, 3.05) is 13.2 Å². The van der Waals surface area contributed by atoms with E-state index in [1.54, 1.807) is 6.08 Å². The molecule has 6 nitrogen and oxygen atoms in total. The molecule has 0 spiro atoms. The molecule has 0 aliphatic heterocycles. The largest absolute Gasteiger partial charge is 0.466 e. The van der Waals surface area contributed by atoms with Crippen LogP contribution in [0.4, 0.5) is 0 Å². The van der Waals surface area contributed by atoms with Crippen LogP contribution in [0.15, 0.2) is 36.5 Å². The van der Waals surface area contributed by atoms with Crippen LogP contribution in [0, 0.1) is 0 Å². The van der Waals surface area contributed by atoms with Gasteiger partial charge in [0.15, 0.2) is 0 Å². The molecule has 0 rings (SSSR count). The summed E-state index contributed by atoms with van der Waals surface area (Å²) < 4.78 is 5.45. The molecule has 0 radical (unpaired) electrons. The number of aliphatic hydroxyl groups excluding tert-OH is 2. The van der Waals surface area contributed by atoms with Gasteiger partial charge in [-0.25, -0.2) is 0 Å². The molecule has 0 fully saturated rings. The smallest absolute Gasteiger partial charge is 0.305 e. The van der Waals surface area contributed by atoms with Gasteiger partial charge in [-0.2, -0.15) is 0 Å². The van der Waals surface area contributed by atoms with Gasteiger partial charge in [0.2, 0.25) is 5.91 Å². The number of hydrogen-bond donors (Lipinski definition) is 3. The molecule has 0 saturated heterocycles. The van der Waals surface area contributed by atoms with Gasteiger partial charge in [0.25, 0.3) is 0 Å². The Kier molecular flexibility index (Phi) is 49.1. The molecule has 0 saturated carbocycles. The summed E-state index contributed by atoms with van der Waals surface area (Å²) >= 11 is 0. The van der Waals surface area contributed by atoms with E-state index >= 15 is 0 Å². The highest BCUT2D eigenvalue weighted by molar-refractivity contribution is 5.76. The maximum Gasteiger partial charge on any atom is 0.305 e. The summed E-state index contributed by atoms with van der Waals surface area (Å²) in [6.07, 6.45) is 61.4. The topological polar surface area (TPSA) is 95.9 Å². The van der Waals surface area contributed by atoms with E-state index in [1.807, 2.05) is 6.08 Å². The van der Waals surface area contributed by atoms with E-state index in [0.29, 0.717) is 19.4 Å². The highest BCUT2D eigenvalue weighted by atomic mass is 16.5. The minimum Gasteiger partial charge on any atom is -0.466 e. The van der Waals surface area contributed by atoms with Crippen molar-refractivity contribution >= 4 is 11.9 Å². The molecule has 2 atom stereocenters. The van der Waals surface area contributed by atoms with Gasteiger partial charge in [-0.15, -0.1) is 0 Å². The van der Waals surface area contributed by atoms with Crippen molar-refractivity contribution in [1.29, 1.82) is 0 Å². The lowest BCUT2D eigenvalue weighted by atomic mass is 10.0. The number of nitrogens with one attached hydrogen (secondary N) is 1. The molecule has 3 N–H and O–H groups in total. The first-order chi connectivity index (χ1) is 30.0. The van der Waals surface area contributed by atoms with Crippen LogP contribution in [0.5, 0.6) is 0 Å². The minimum atomic E-state index is -0.854. The molecule has 6 heteroatoms. The predicted octanol–water partition coefficient (Wildman–Crippen LogP) is 16.1. The van der Waals surface area contributed by atoms with Crippen LogP contribution < -0.4 is 5.32 Å². The maximum absolute atomic E-state index is 12.4. The first-order valence-corrected chi connectivity index (χ1v) is 26.8. The third-order valence-electron chi connectivity index (χ3n) is 12.1. The fourth-order valence-corrected chi connectivity index (χ4v) is 7.97. The lowest BCUT2D eigenvalue weighted by Crippen LogP contribution is -2.45. The molecule has 0 aliphatic carbocycles. The number of hydrogen-bond acceptors (Lipinski definition) is 5. The Morgan fingerprint density at radius 1 is 0.443 bits per heavy atom. The average molecular weight is 858 g/mol. The van der Waals surface area contributed by atoms with Crippen LogP contribution in [-0.4, -0.2) is 47.4 Å². The second-order valence-electron chi connectivity index (χ2n) is 18.2. The summed E-state index contributed by atoms with van der Waals surface area (Å²) in [4.78, 5) is 24.4. The van der Waals surface area contributed by atoms with E-state index in [1.165, 1.54) is 180 Å². The lowest BCUT2D eigenvalue weighted by Gasteiger charge is -2.20. The summed E-state index contributed by atoms with van der Waals surface area (Å²) in [6.45, 7) is 4.85. The zero-order chi connectivity index (χ0) is 44.4. The average Bonchev–Trinajstić information content (AvgIpc) is 3.26. The van der Waals surface area contributed by atoms with Crippen molar-refractivity contribution in [3.63, 3.8) is 0 Å². The normalized spacial score (nSPS) is 12.9. The lowest BCUT2D eigenvalue weighted by molar-refractivity contribution is -0.143. The van der Waals surface area contributed by atoms with Crippen LogP contribution >= 0.6 is 0 Å². The Balaban J connectivity index is 3.51. The zero-order valence-corrected chi connectivity index (χ0v) is 40.6. The van der Waals surface area contributed by atoms with Gasteiger partial charge in [0, 0.05) is 12.8 Å². The van der Waals surface area contributed by atoms with Gasteiger partial charge in [-0.1, -0.05) is 217 Å². The number of amides is 1. The van der Waals surface area contributed by atoms with E-state index in [-0.39, 0.29) is 18.5 Å². The number of carbonyl (C=O) groups is 2. The van der Waals surface area contributed by atoms with Crippen molar-refractivity contribution < 1.29 is 24.5 Å². The zero-order valence-electron chi connectivity index (χ0n) is 40.6. The van der Waals surface area contributed by atoms with Gasteiger partial charge in [-0.3, -0.25) is 9.59 Å². The summed E-state index contributed by atoms with van der Waals surface area (Å²) in [6, 6.07) is -0.639. The van der Waals surface area contributed by atoms with Gasteiger partial charge < -0.3 is 20.3 Å². The van der Waals surface area contributed by atoms with E-state index in [0.717, 1.165) is 70.6 Å². The monoisotopic (exact) mass is 858 g/mol. The molecule has 2 unspecified atom stereocenters. The second-order valence-corrected chi connectivity index (χ2v) is 18.2. The van der Waals surface area contributed by atoms with E-state index in [9.17, 15) is 19.8 Å². The van der Waals surface area contributed by atoms with Crippen molar-refractivity contribution in [2.45, 2.75) is 289 Å². The van der Waals surface area contributed by atoms with E-state index in [4.69, 9.17) is 4.74 Å². The third-order valence-corrected chi connectivity index (χ3v) is 12.1. The van der Waals surface area contributed by atoms with Crippen molar-refractivity contribution in [3.05, 3.63) is 36.5 Å². The fraction of sp³-hybridized carbons (Fsp3) is 0.855. The molecular formula is C55H103NO5. The van der Waals surface area contributed by atoms with E-state index in [2.05, 4.69) is 43.5 Å². The first kappa shape index (κ1) is 59.1. The molecule has 0 bridgehead atoms. The third kappa shape index (κ3) is 47.4. The SMILES string of the molecule is CCCCCCCC/C=C\CCCCCCCC(=O)OCCCCCC/C=C\CCCCCCCCCC(=O)NC(CO)C(O)/C=C/CCCCCCCCCCCCCC. The number of allylic oxidation sites excluding steroid dienone is 5. The summed E-state index contributed by atoms with van der Waals surface area (Å²) in [5.74, 6) is -0.104. The standard InChI is InChI=1S/C55H103NO5/c1-3-5-7-9-11-13-15-17-20-25-29-33-37-41-45-49-55(60)61-50-46-42-38-34-30-26-22-19-21-24-28-32-36-40-44-48-54(59)56-52(51-57)53(58)47-43-39-35-31-27-23-18-16-14-12-10-8-6-4-2/h17,20,22,26,43,47,52-53,57-58H,3-16,18-19,21,23-25,27-42,44-46,48-51H2,1-2H3,(H,56,59)/b20-17-,26-22-,47-43+. The number of esters is 1. The molecule has 61 heavy (non-hydrogen) atoms. The molecule has 0 aromatic heterocycles. The minimum absolute atomic E-state index is 0.0197. The number of aliphatic hydroxyl groups is 2. The van der Waals surface area contributed by atoms with Crippen molar-refractivity contribution in [3.8, 4) is 0 Å². The first-order valence-electron chi connectivity index (χ1n) is 26.8. The van der Waals surface area contributed by atoms with Gasteiger partial charge in [-0.05, 0) is 83.5 Å². The summed E-state index contributed by atoms with van der Waals surface area (Å²) in [5, 5.41) is 23.0. The highest BCUT2D eigenvalue weighted by Gasteiger charge is 2.18. The fourth-order valence-electron chi connectivity index (χ4n) is 7.97. The molecule has 0 aromatic carbocycles. The number of carbonyl (C=O) groups excluding carboxylic acids is 2. The molecule has 1 amide bonds. The van der Waals surface area contributed by atoms with Crippen LogP contribution in [-0.2, 0) is 14.3 Å². The number of rotatable bonds is 49. The Hall–Kier alpha value is -1.92. The van der Waals surface area contributed by atoms with Crippen molar-refractivity contribution in [2.24, 2.45) is 0 Å². The number of unbranched alkanes of at least 4 members (excludes halogenated alkanes) is 34. The highest BCUT2D eigenvalue weighted by Crippen LogP contribution is 2.15. The molecule has 0 aliphatic rings. The van der Waals surface area contributed by atoms with Crippen LogP contribution in [0.3, 0.4) is 0 Å². The second kappa shape index (κ2) is 50.7. The molecular weight excluding hydrogens is 755 g/mol. The van der Waals surface area contributed by atoms with Gasteiger partial charge >= 0.3 is 5.97 Å². The quantitative estimate of drug-likeness (QED) is 0.0322. The molecule has 358 valence electrons. The summed E-state index contributed by atoms with van der Waals surface area (Å²) in [7, 11) is 0. The molecule has 0 heterocycles. The maximum atomic E-state index is 12.4. The Labute approximate surface area is 379 Å². The van der Waals surface area contributed by atoms with Gasteiger partial charge in [0.05, 0.1) is 25.4 Å². The Morgan fingerprint density at radius 3 is 1.16 bits per heavy atom. The van der Waals surface area contributed by atoms with Crippen LogP contribution in [0.1, 0.15) is 277 Å².